The summed E-state index contributed by atoms with van der Waals surface area (Å²) < 4.78 is 0. The van der Waals surface area contributed by atoms with Crippen LogP contribution in [0.1, 0.15) is 23.0 Å². The lowest BCUT2D eigenvalue weighted by atomic mass is 10.2. The van der Waals surface area contributed by atoms with Crippen LogP contribution in [0.25, 0.3) is 0 Å². The molecule has 0 amide bonds. The van der Waals surface area contributed by atoms with Crippen LogP contribution in [0.3, 0.4) is 0 Å². The number of carbonyl (C=O) groups is 1. The summed E-state index contributed by atoms with van der Waals surface area (Å²) in [7, 11) is 0. The summed E-state index contributed by atoms with van der Waals surface area (Å²) in [5.41, 5.74) is 8.31. The topological polar surface area (TPSA) is 53.8 Å². The zero-order chi connectivity index (χ0) is 8.27. The predicted octanol–water partition coefficient (Wildman–Crippen LogP) is 1.07. The van der Waals surface area contributed by atoms with Crippen LogP contribution in [-0.2, 0) is 6.54 Å². The van der Waals surface area contributed by atoms with Crippen molar-refractivity contribution in [1.82, 2.24) is 10.7 Å². The van der Waals surface area contributed by atoms with Gasteiger partial charge in [0.15, 0.2) is 5.78 Å². The molecule has 0 aromatic carbocycles. The van der Waals surface area contributed by atoms with Crippen LogP contribution in [0, 0.1) is 0 Å². The molecule has 0 saturated carbocycles. The molecule has 11 heavy (non-hydrogen) atoms. The molecular weight excluding hydrogens is 140 g/mol. The first-order chi connectivity index (χ1) is 5.24. The van der Waals surface area contributed by atoms with Crippen molar-refractivity contribution in [3.8, 4) is 0 Å². The van der Waals surface area contributed by atoms with Gasteiger partial charge >= 0.3 is 0 Å². The molecular formula is C8H9N2O. The lowest BCUT2D eigenvalue weighted by molar-refractivity contribution is 0.101. The highest BCUT2D eigenvalue weighted by Gasteiger charge is 1.99. The number of rotatable bonds is 2. The van der Waals surface area contributed by atoms with Crippen molar-refractivity contribution in [1.29, 1.82) is 0 Å². The van der Waals surface area contributed by atoms with Crippen LogP contribution < -0.4 is 5.73 Å². The van der Waals surface area contributed by atoms with E-state index in [1.165, 1.54) is 6.92 Å². The Morgan fingerprint density at radius 2 is 2.45 bits per heavy atom. The standard InChI is InChI=1S/C8H9N2O/c1-6(11)8-4-7(5-9)2-3-10-8/h2-4,9H,5H2,1H3. The Balaban J connectivity index is 3.01. The predicted molar refractivity (Wildman–Crippen MR) is 41.0 cm³/mol. The van der Waals surface area contributed by atoms with Gasteiger partial charge < -0.3 is 0 Å². The van der Waals surface area contributed by atoms with Crippen molar-refractivity contribution in [2.24, 2.45) is 0 Å². The van der Waals surface area contributed by atoms with Gasteiger partial charge in [-0.05, 0) is 17.7 Å². The molecule has 3 heteroatoms. The average molecular weight is 149 g/mol. The molecule has 0 spiro atoms. The number of carbonyl (C=O) groups excluding carboxylic acids is 1. The second kappa shape index (κ2) is 3.25. The van der Waals surface area contributed by atoms with Crippen LogP contribution in [0.15, 0.2) is 18.3 Å². The Kier molecular flexibility index (Phi) is 2.33. The minimum atomic E-state index is -0.0553. The summed E-state index contributed by atoms with van der Waals surface area (Å²) in [5, 5.41) is 0. The number of nitrogens with zero attached hydrogens (tertiary/aromatic N) is 1. The molecule has 1 aromatic rings. The van der Waals surface area contributed by atoms with Gasteiger partial charge in [-0.2, -0.15) is 0 Å². The number of Topliss-reactive ketones (excluding diaryl/α,β-unsaturated/α-hetero) is 1. The third-order valence-electron chi connectivity index (χ3n) is 1.39. The zero-order valence-corrected chi connectivity index (χ0v) is 6.29. The molecule has 0 fully saturated rings. The van der Waals surface area contributed by atoms with Gasteiger partial charge in [0.05, 0.1) is 0 Å². The average Bonchev–Trinajstić information content (AvgIpc) is 2.05. The molecule has 0 bridgehead atoms. The molecule has 57 valence electrons. The molecule has 1 rings (SSSR count). The highest BCUT2D eigenvalue weighted by molar-refractivity contribution is 5.92. The van der Waals surface area contributed by atoms with Crippen molar-refractivity contribution in [2.45, 2.75) is 13.5 Å². The van der Waals surface area contributed by atoms with E-state index >= 15 is 0 Å². The maximum atomic E-state index is 10.8. The van der Waals surface area contributed by atoms with Gasteiger partial charge in [-0.1, -0.05) is 0 Å². The Labute approximate surface area is 65.2 Å². The SMILES string of the molecule is CC(=O)c1cc(C[NH])ccn1. The van der Waals surface area contributed by atoms with Gasteiger partial charge in [-0.25, -0.2) is 0 Å². The zero-order valence-electron chi connectivity index (χ0n) is 6.29. The van der Waals surface area contributed by atoms with E-state index in [4.69, 9.17) is 5.73 Å². The molecule has 1 N–H and O–H groups in total. The number of pyridine rings is 1. The van der Waals surface area contributed by atoms with E-state index in [0.717, 1.165) is 5.56 Å². The molecule has 1 aromatic heterocycles. The first kappa shape index (κ1) is 7.88. The van der Waals surface area contributed by atoms with Crippen LogP contribution >= 0.6 is 0 Å². The van der Waals surface area contributed by atoms with Crippen molar-refractivity contribution in [2.75, 3.05) is 0 Å². The molecule has 0 saturated heterocycles. The summed E-state index contributed by atoms with van der Waals surface area (Å²) in [5.74, 6) is -0.0553. The molecule has 1 heterocycles. The van der Waals surface area contributed by atoms with E-state index < -0.39 is 0 Å². The number of nitrogens with one attached hydrogen (secondary N) is 1. The monoisotopic (exact) mass is 149 g/mol. The Morgan fingerprint density at radius 1 is 1.73 bits per heavy atom. The second-order valence-corrected chi connectivity index (χ2v) is 2.28. The van der Waals surface area contributed by atoms with E-state index in [0.29, 0.717) is 5.69 Å². The summed E-state index contributed by atoms with van der Waals surface area (Å²) in [6.45, 7) is 1.67. The normalized spacial score (nSPS) is 9.64. The maximum Gasteiger partial charge on any atom is 0.178 e. The molecule has 3 nitrogen and oxygen atoms in total. The van der Waals surface area contributed by atoms with E-state index in [1.54, 1.807) is 18.3 Å². The second-order valence-electron chi connectivity index (χ2n) is 2.28. The van der Waals surface area contributed by atoms with Crippen LogP contribution in [0.4, 0.5) is 0 Å². The smallest absolute Gasteiger partial charge is 0.178 e. The van der Waals surface area contributed by atoms with E-state index in [1.807, 2.05) is 0 Å². The quantitative estimate of drug-likeness (QED) is 0.590. The third-order valence-corrected chi connectivity index (χ3v) is 1.39. The molecule has 0 aliphatic heterocycles. The van der Waals surface area contributed by atoms with Crippen molar-refractivity contribution in [3.05, 3.63) is 29.6 Å². The number of ketones is 1. The number of hydrogen-bond donors (Lipinski definition) is 0. The largest absolute Gasteiger partial charge is 0.293 e. The number of hydrogen-bond acceptors (Lipinski definition) is 2. The van der Waals surface area contributed by atoms with Gasteiger partial charge in [0.2, 0.25) is 0 Å². The van der Waals surface area contributed by atoms with Crippen molar-refractivity contribution in [3.63, 3.8) is 0 Å². The van der Waals surface area contributed by atoms with Crippen LogP contribution in [0.2, 0.25) is 0 Å². The summed E-state index contributed by atoms with van der Waals surface area (Å²) in [6, 6.07) is 3.38. The van der Waals surface area contributed by atoms with Gasteiger partial charge in [0.25, 0.3) is 0 Å². The van der Waals surface area contributed by atoms with Gasteiger partial charge in [0.1, 0.15) is 5.69 Å². The maximum absolute atomic E-state index is 10.8. The highest BCUT2D eigenvalue weighted by Crippen LogP contribution is 2.01. The Bertz CT molecular complexity index is 271. The fourth-order valence-corrected chi connectivity index (χ4v) is 0.777. The van der Waals surface area contributed by atoms with Crippen LogP contribution in [-0.4, -0.2) is 10.8 Å². The summed E-state index contributed by atoms with van der Waals surface area (Å²) >= 11 is 0. The van der Waals surface area contributed by atoms with Crippen molar-refractivity contribution >= 4 is 5.78 Å². The minimum absolute atomic E-state index is 0.0553. The third kappa shape index (κ3) is 1.85. The lowest BCUT2D eigenvalue weighted by Crippen LogP contribution is -1.97. The Morgan fingerprint density at radius 3 is 3.00 bits per heavy atom. The van der Waals surface area contributed by atoms with E-state index in [-0.39, 0.29) is 12.3 Å². The lowest BCUT2D eigenvalue weighted by Gasteiger charge is -1.96. The number of aromatic nitrogens is 1. The fraction of sp³-hybridized carbons (Fsp3) is 0.250. The summed E-state index contributed by atoms with van der Waals surface area (Å²) in [6.07, 6.45) is 1.56. The van der Waals surface area contributed by atoms with E-state index in [9.17, 15) is 4.79 Å². The molecule has 0 unspecified atom stereocenters. The molecule has 0 atom stereocenters. The van der Waals surface area contributed by atoms with Crippen molar-refractivity contribution < 1.29 is 4.79 Å². The Hall–Kier alpha value is -1.22. The van der Waals surface area contributed by atoms with Gasteiger partial charge in [0, 0.05) is 19.7 Å². The van der Waals surface area contributed by atoms with E-state index in [2.05, 4.69) is 4.98 Å². The minimum Gasteiger partial charge on any atom is -0.293 e. The van der Waals surface area contributed by atoms with Gasteiger partial charge in [-0.15, -0.1) is 0 Å². The van der Waals surface area contributed by atoms with Crippen LogP contribution in [0.5, 0.6) is 0 Å². The first-order valence-corrected chi connectivity index (χ1v) is 3.34. The van der Waals surface area contributed by atoms with Gasteiger partial charge in [-0.3, -0.25) is 15.5 Å². The highest BCUT2D eigenvalue weighted by atomic mass is 16.1. The molecule has 0 aliphatic carbocycles. The first-order valence-electron chi connectivity index (χ1n) is 3.34. The fourth-order valence-electron chi connectivity index (χ4n) is 0.777. The molecule has 0 aliphatic rings. The summed E-state index contributed by atoms with van der Waals surface area (Å²) in [4.78, 5) is 14.6. The molecule has 1 radical (unpaired) electrons.